The number of hydrogen-bond acceptors (Lipinski definition) is 3. The summed E-state index contributed by atoms with van der Waals surface area (Å²) in [4.78, 5) is 1.71. The third kappa shape index (κ3) is 3.62. The van der Waals surface area contributed by atoms with Gasteiger partial charge in [0.25, 0.3) is 0 Å². The summed E-state index contributed by atoms with van der Waals surface area (Å²) in [5.41, 5.74) is 2.10. The monoisotopic (exact) mass is 204 g/mol. The van der Waals surface area contributed by atoms with Crippen molar-refractivity contribution in [3.63, 3.8) is 0 Å². The number of aliphatic hydroxyl groups is 1. The normalized spacial score (nSPS) is 11.9. The molecule has 1 atom stereocenters. The zero-order valence-corrected chi connectivity index (χ0v) is 9.07. The number of nitrogens with zero attached hydrogens (tertiary/aromatic N) is 1. The standard InChI is InChI=1S/C12H16N2O/c1-4-14(3)12-7-5-11(6-8-12)9-13-10(2)15/h1,5-8,10,13,15H,9H2,2-3H3. The van der Waals surface area contributed by atoms with Gasteiger partial charge in [0, 0.05) is 25.3 Å². The van der Waals surface area contributed by atoms with Gasteiger partial charge in [-0.15, -0.1) is 0 Å². The maximum absolute atomic E-state index is 9.05. The highest BCUT2D eigenvalue weighted by molar-refractivity contribution is 5.51. The minimum absolute atomic E-state index is 0.488. The van der Waals surface area contributed by atoms with E-state index < -0.39 is 6.23 Å². The molecule has 0 aliphatic carbocycles. The summed E-state index contributed by atoms with van der Waals surface area (Å²) in [6.45, 7) is 2.35. The van der Waals surface area contributed by atoms with Gasteiger partial charge < -0.3 is 10.0 Å². The molecular weight excluding hydrogens is 188 g/mol. The number of nitrogens with one attached hydrogen (secondary N) is 1. The first-order valence-corrected chi connectivity index (χ1v) is 4.84. The molecule has 0 aromatic heterocycles. The first-order valence-electron chi connectivity index (χ1n) is 4.84. The zero-order chi connectivity index (χ0) is 11.3. The quantitative estimate of drug-likeness (QED) is 0.438. The highest BCUT2D eigenvalue weighted by atomic mass is 16.3. The van der Waals surface area contributed by atoms with Crippen LogP contribution in [0.15, 0.2) is 24.3 Å². The number of aliphatic hydroxyl groups excluding tert-OH is 1. The molecule has 3 heteroatoms. The number of benzene rings is 1. The van der Waals surface area contributed by atoms with E-state index in [1.165, 1.54) is 0 Å². The molecule has 1 aromatic carbocycles. The molecular formula is C12H16N2O. The van der Waals surface area contributed by atoms with Crippen molar-refractivity contribution in [3.8, 4) is 12.5 Å². The molecule has 0 saturated carbocycles. The average molecular weight is 204 g/mol. The second-order valence-electron chi connectivity index (χ2n) is 3.41. The van der Waals surface area contributed by atoms with Gasteiger partial charge in [-0.05, 0) is 24.6 Å². The summed E-state index contributed by atoms with van der Waals surface area (Å²) < 4.78 is 0. The van der Waals surface area contributed by atoms with Gasteiger partial charge in [-0.2, -0.15) is 0 Å². The van der Waals surface area contributed by atoms with Crippen molar-refractivity contribution < 1.29 is 5.11 Å². The van der Waals surface area contributed by atoms with Crippen molar-refractivity contribution in [2.45, 2.75) is 19.7 Å². The van der Waals surface area contributed by atoms with Crippen LogP contribution in [0.1, 0.15) is 12.5 Å². The lowest BCUT2D eigenvalue weighted by atomic mass is 10.2. The lowest BCUT2D eigenvalue weighted by molar-refractivity contribution is 0.155. The first kappa shape index (κ1) is 11.6. The predicted octanol–water partition coefficient (Wildman–Crippen LogP) is 1.14. The average Bonchev–Trinajstić information content (AvgIpc) is 2.26. The summed E-state index contributed by atoms with van der Waals surface area (Å²) >= 11 is 0. The summed E-state index contributed by atoms with van der Waals surface area (Å²) in [7, 11) is 1.84. The number of terminal acetylenes is 1. The van der Waals surface area contributed by atoms with E-state index in [1.807, 2.05) is 31.3 Å². The Morgan fingerprint density at radius 1 is 1.47 bits per heavy atom. The van der Waals surface area contributed by atoms with E-state index in [9.17, 15) is 0 Å². The van der Waals surface area contributed by atoms with Crippen molar-refractivity contribution in [2.24, 2.45) is 0 Å². The molecule has 0 bridgehead atoms. The van der Waals surface area contributed by atoms with E-state index in [2.05, 4.69) is 11.4 Å². The van der Waals surface area contributed by atoms with E-state index in [0.717, 1.165) is 11.3 Å². The first-order chi connectivity index (χ1) is 7.13. The van der Waals surface area contributed by atoms with Crippen LogP contribution in [0.3, 0.4) is 0 Å². The molecule has 1 rings (SSSR count). The van der Waals surface area contributed by atoms with Crippen molar-refractivity contribution in [1.82, 2.24) is 5.32 Å². The number of anilines is 1. The molecule has 1 aromatic rings. The molecule has 0 aliphatic heterocycles. The predicted molar refractivity (Wildman–Crippen MR) is 62.2 cm³/mol. The van der Waals surface area contributed by atoms with E-state index in [0.29, 0.717) is 6.54 Å². The minimum atomic E-state index is -0.488. The highest BCUT2D eigenvalue weighted by Gasteiger charge is 1.98. The van der Waals surface area contributed by atoms with Crippen molar-refractivity contribution >= 4 is 5.69 Å². The second-order valence-corrected chi connectivity index (χ2v) is 3.41. The fourth-order valence-electron chi connectivity index (χ4n) is 1.18. The molecule has 3 nitrogen and oxygen atoms in total. The zero-order valence-electron chi connectivity index (χ0n) is 9.07. The van der Waals surface area contributed by atoms with Crippen LogP contribution in [-0.4, -0.2) is 18.4 Å². The van der Waals surface area contributed by atoms with Crippen molar-refractivity contribution in [2.75, 3.05) is 11.9 Å². The maximum Gasteiger partial charge on any atom is 0.102 e. The van der Waals surface area contributed by atoms with Crippen LogP contribution in [0, 0.1) is 12.5 Å². The fourth-order valence-corrected chi connectivity index (χ4v) is 1.18. The Kier molecular flexibility index (Phi) is 4.17. The third-order valence-electron chi connectivity index (χ3n) is 2.12. The fraction of sp³-hybridized carbons (Fsp3) is 0.333. The molecule has 0 fully saturated rings. The lowest BCUT2D eigenvalue weighted by Gasteiger charge is -2.12. The lowest BCUT2D eigenvalue weighted by Crippen LogP contribution is -2.24. The molecule has 2 N–H and O–H groups in total. The SMILES string of the molecule is C#CN(C)c1ccc(CNC(C)O)cc1. The molecule has 0 spiro atoms. The van der Waals surface area contributed by atoms with Crippen LogP contribution in [0.2, 0.25) is 0 Å². The van der Waals surface area contributed by atoms with Crippen molar-refractivity contribution in [3.05, 3.63) is 29.8 Å². The summed E-state index contributed by atoms with van der Waals surface area (Å²) in [5.74, 6) is 0. The van der Waals surface area contributed by atoms with Gasteiger partial charge in [-0.3, -0.25) is 5.32 Å². The minimum Gasteiger partial charge on any atom is -0.379 e. The van der Waals surface area contributed by atoms with Crippen LogP contribution in [-0.2, 0) is 6.54 Å². The second kappa shape index (κ2) is 5.40. The van der Waals surface area contributed by atoms with Gasteiger partial charge in [0.1, 0.15) is 6.23 Å². The topological polar surface area (TPSA) is 35.5 Å². The third-order valence-corrected chi connectivity index (χ3v) is 2.12. The largest absolute Gasteiger partial charge is 0.379 e. The number of hydrogen-bond donors (Lipinski definition) is 2. The Balaban J connectivity index is 2.61. The van der Waals surface area contributed by atoms with E-state index in [4.69, 9.17) is 11.5 Å². The van der Waals surface area contributed by atoms with Gasteiger partial charge >= 0.3 is 0 Å². The van der Waals surface area contributed by atoms with Gasteiger partial charge in [0.15, 0.2) is 0 Å². The molecule has 0 amide bonds. The number of rotatable bonds is 4. The van der Waals surface area contributed by atoms with Gasteiger partial charge in [-0.25, -0.2) is 0 Å². The Labute approximate surface area is 90.7 Å². The van der Waals surface area contributed by atoms with Crippen molar-refractivity contribution in [1.29, 1.82) is 0 Å². The van der Waals surface area contributed by atoms with E-state index in [1.54, 1.807) is 11.8 Å². The van der Waals surface area contributed by atoms with E-state index >= 15 is 0 Å². The summed E-state index contributed by atoms with van der Waals surface area (Å²) in [6.07, 6.45) is 4.78. The molecule has 15 heavy (non-hydrogen) atoms. The van der Waals surface area contributed by atoms with Gasteiger partial charge in [0.2, 0.25) is 0 Å². The Morgan fingerprint density at radius 3 is 2.53 bits per heavy atom. The van der Waals surface area contributed by atoms with Gasteiger partial charge in [0.05, 0.1) is 0 Å². The van der Waals surface area contributed by atoms with Crippen LogP contribution in [0.4, 0.5) is 5.69 Å². The van der Waals surface area contributed by atoms with E-state index in [-0.39, 0.29) is 0 Å². The smallest absolute Gasteiger partial charge is 0.102 e. The Bertz CT molecular complexity index is 338. The van der Waals surface area contributed by atoms with Crippen LogP contribution in [0.5, 0.6) is 0 Å². The molecule has 0 aliphatic rings. The van der Waals surface area contributed by atoms with Crippen LogP contribution in [0.25, 0.3) is 0 Å². The Hall–Kier alpha value is -1.50. The maximum atomic E-state index is 9.05. The molecule has 80 valence electrons. The molecule has 0 heterocycles. The molecule has 0 saturated heterocycles. The highest BCUT2D eigenvalue weighted by Crippen LogP contribution is 2.12. The van der Waals surface area contributed by atoms with Gasteiger partial charge in [-0.1, -0.05) is 18.6 Å². The summed E-state index contributed by atoms with van der Waals surface area (Å²) in [6, 6.07) is 10.4. The van der Waals surface area contributed by atoms with Crippen LogP contribution >= 0.6 is 0 Å². The summed E-state index contributed by atoms with van der Waals surface area (Å²) in [5, 5.41) is 12.0. The molecule has 1 unspecified atom stereocenters. The van der Waals surface area contributed by atoms with Crippen LogP contribution < -0.4 is 10.2 Å². The Morgan fingerprint density at radius 2 is 2.07 bits per heavy atom. The molecule has 0 radical (unpaired) electrons.